The number of anilines is 1. The van der Waals surface area contributed by atoms with Crippen LogP contribution in [-0.2, 0) is 0 Å². The van der Waals surface area contributed by atoms with Gasteiger partial charge >= 0.3 is 0 Å². The number of fused-ring (bicyclic) bond motifs is 1. The van der Waals surface area contributed by atoms with E-state index in [1.807, 2.05) is 65.2 Å². The Morgan fingerprint density at radius 3 is 2.58 bits per heavy atom. The molecule has 3 rings (SSSR count). The summed E-state index contributed by atoms with van der Waals surface area (Å²) in [5.74, 6) is 1.16. The molecule has 0 aliphatic carbocycles. The predicted octanol–water partition coefficient (Wildman–Crippen LogP) is 3.83. The summed E-state index contributed by atoms with van der Waals surface area (Å²) in [6.07, 6.45) is 1.03. The first kappa shape index (κ1) is 12.3. The Labute approximate surface area is 117 Å². The number of carbonyl (C=O) groups is 1. The lowest BCUT2D eigenvalue weighted by Crippen LogP contribution is -2.31. The largest absolute Gasteiger partial charge is 0.307 e. The fourth-order valence-electron chi connectivity index (χ4n) is 2.27. The van der Waals surface area contributed by atoms with Crippen LogP contribution in [0.25, 0.3) is 0 Å². The van der Waals surface area contributed by atoms with Gasteiger partial charge in [0.15, 0.2) is 0 Å². The number of benzene rings is 2. The quantitative estimate of drug-likeness (QED) is 0.784. The maximum atomic E-state index is 12.6. The van der Waals surface area contributed by atoms with Crippen molar-refractivity contribution in [1.29, 1.82) is 0 Å². The van der Waals surface area contributed by atoms with Crippen LogP contribution in [0.3, 0.4) is 0 Å². The Morgan fingerprint density at radius 2 is 1.74 bits per heavy atom. The molecule has 0 radical (unpaired) electrons. The molecule has 1 amide bonds. The molecule has 2 aromatic rings. The molecule has 2 nitrogen and oxygen atoms in total. The van der Waals surface area contributed by atoms with E-state index < -0.39 is 0 Å². The number of carbonyl (C=O) groups excluding carboxylic acids is 1. The molecule has 96 valence electrons. The molecule has 0 N–H and O–H groups in total. The molecule has 0 saturated heterocycles. The summed E-state index contributed by atoms with van der Waals surface area (Å²) < 4.78 is 0. The first-order valence-corrected chi connectivity index (χ1v) is 7.43. The van der Waals surface area contributed by atoms with Crippen molar-refractivity contribution in [1.82, 2.24) is 0 Å². The zero-order valence-electron chi connectivity index (χ0n) is 10.6. The van der Waals surface area contributed by atoms with Crippen molar-refractivity contribution >= 4 is 23.4 Å². The van der Waals surface area contributed by atoms with Crippen molar-refractivity contribution in [3.05, 3.63) is 60.2 Å². The highest BCUT2D eigenvalue weighted by molar-refractivity contribution is 7.99. The van der Waals surface area contributed by atoms with Crippen LogP contribution >= 0.6 is 11.8 Å². The van der Waals surface area contributed by atoms with E-state index in [1.54, 1.807) is 0 Å². The van der Waals surface area contributed by atoms with Gasteiger partial charge in [-0.3, -0.25) is 4.79 Å². The van der Waals surface area contributed by atoms with Gasteiger partial charge in [0, 0.05) is 17.0 Å². The summed E-state index contributed by atoms with van der Waals surface area (Å²) in [5.41, 5.74) is 1.79. The second-order valence-electron chi connectivity index (χ2n) is 4.49. The third-order valence-electron chi connectivity index (χ3n) is 3.21. The van der Waals surface area contributed by atoms with Crippen LogP contribution in [0.5, 0.6) is 0 Å². The Hall–Kier alpha value is -1.74. The van der Waals surface area contributed by atoms with Gasteiger partial charge in [0.1, 0.15) is 0 Å². The van der Waals surface area contributed by atoms with Crippen LogP contribution in [0.2, 0.25) is 0 Å². The van der Waals surface area contributed by atoms with E-state index in [1.165, 1.54) is 4.90 Å². The SMILES string of the molecule is O=C(c1ccccc1)N1CCCSc2ccccc21. The summed E-state index contributed by atoms with van der Waals surface area (Å²) in [4.78, 5) is 15.7. The van der Waals surface area contributed by atoms with Gasteiger partial charge in [0.25, 0.3) is 5.91 Å². The minimum atomic E-state index is 0.0931. The fraction of sp³-hybridized carbons (Fsp3) is 0.188. The molecule has 2 aromatic carbocycles. The lowest BCUT2D eigenvalue weighted by Gasteiger charge is -2.22. The molecule has 1 heterocycles. The van der Waals surface area contributed by atoms with Gasteiger partial charge in [0.2, 0.25) is 0 Å². The molecule has 0 fully saturated rings. The van der Waals surface area contributed by atoms with Gasteiger partial charge < -0.3 is 4.90 Å². The van der Waals surface area contributed by atoms with Gasteiger partial charge in [-0.25, -0.2) is 0 Å². The molecule has 1 aliphatic rings. The number of nitrogens with zero attached hydrogens (tertiary/aromatic N) is 1. The summed E-state index contributed by atoms with van der Waals surface area (Å²) in [6.45, 7) is 0.789. The monoisotopic (exact) mass is 269 g/mol. The Morgan fingerprint density at radius 1 is 1.00 bits per heavy atom. The fourth-order valence-corrected chi connectivity index (χ4v) is 3.27. The van der Waals surface area contributed by atoms with Gasteiger partial charge in [-0.15, -0.1) is 11.8 Å². The zero-order valence-corrected chi connectivity index (χ0v) is 11.4. The maximum absolute atomic E-state index is 12.6. The average Bonchev–Trinajstić information content (AvgIpc) is 2.70. The van der Waals surface area contributed by atoms with Crippen molar-refractivity contribution in [2.24, 2.45) is 0 Å². The number of para-hydroxylation sites is 1. The van der Waals surface area contributed by atoms with E-state index in [-0.39, 0.29) is 5.91 Å². The second-order valence-corrected chi connectivity index (χ2v) is 5.63. The molecule has 0 bridgehead atoms. The summed E-state index contributed by atoms with van der Waals surface area (Å²) in [6, 6.07) is 17.7. The van der Waals surface area contributed by atoms with Crippen LogP contribution in [-0.4, -0.2) is 18.2 Å². The zero-order chi connectivity index (χ0) is 13.1. The van der Waals surface area contributed by atoms with Crippen molar-refractivity contribution in [2.75, 3.05) is 17.2 Å². The molecule has 3 heteroatoms. The van der Waals surface area contributed by atoms with Crippen LogP contribution in [0.4, 0.5) is 5.69 Å². The minimum absolute atomic E-state index is 0.0931. The summed E-state index contributed by atoms with van der Waals surface area (Å²) >= 11 is 1.83. The van der Waals surface area contributed by atoms with Crippen molar-refractivity contribution < 1.29 is 4.79 Å². The molecule has 0 spiro atoms. The van der Waals surface area contributed by atoms with Crippen LogP contribution in [0.1, 0.15) is 16.8 Å². The van der Waals surface area contributed by atoms with Gasteiger partial charge in [-0.2, -0.15) is 0 Å². The van der Waals surface area contributed by atoms with E-state index in [0.717, 1.165) is 30.0 Å². The minimum Gasteiger partial charge on any atom is -0.307 e. The van der Waals surface area contributed by atoms with Gasteiger partial charge in [0.05, 0.1) is 5.69 Å². The highest BCUT2D eigenvalue weighted by Gasteiger charge is 2.21. The Bertz CT molecular complexity index is 582. The third-order valence-corrected chi connectivity index (χ3v) is 4.35. The van der Waals surface area contributed by atoms with E-state index in [9.17, 15) is 4.79 Å². The lowest BCUT2D eigenvalue weighted by atomic mass is 10.1. The summed E-state index contributed by atoms with van der Waals surface area (Å²) in [5, 5.41) is 0. The van der Waals surface area contributed by atoms with Crippen LogP contribution in [0.15, 0.2) is 59.5 Å². The molecule has 0 aromatic heterocycles. The number of hydrogen-bond donors (Lipinski definition) is 0. The number of hydrogen-bond acceptors (Lipinski definition) is 2. The highest BCUT2D eigenvalue weighted by atomic mass is 32.2. The topological polar surface area (TPSA) is 20.3 Å². The van der Waals surface area contributed by atoms with Crippen molar-refractivity contribution in [2.45, 2.75) is 11.3 Å². The summed E-state index contributed by atoms with van der Waals surface area (Å²) in [7, 11) is 0. The number of amides is 1. The Kier molecular flexibility index (Phi) is 3.56. The molecule has 0 atom stereocenters. The molecule has 0 saturated carbocycles. The highest BCUT2D eigenvalue weighted by Crippen LogP contribution is 2.34. The molecule has 1 aliphatic heterocycles. The number of thioether (sulfide) groups is 1. The van der Waals surface area contributed by atoms with E-state index in [0.29, 0.717) is 0 Å². The molecule has 19 heavy (non-hydrogen) atoms. The third kappa shape index (κ3) is 2.51. The van der Waals surface area contributed by atoms with Crippen LogP contribution in [0, 0.1) is 0 Å². The van der Waals surface area contributed by atoms with Gasteiger partial charge in [-0.1, -0.05) is 30.3 Å². The van der Waals surface area contributed by atoms with E-state index in [2.05, 4.69) is 6.07 Å². The maximum Gasteiger partial charge on any atom is 0.258 e. The first-order chi connectivity index (χ1) is 9.36. The van der Waals surface area contributed by atoms with E-state index >= 15 is 0 Å². The van der Waals surface area contributed by atoms with Crippen molar-refractivity contribution in [3.8, 4) is 0 Å². The second kappa shape index (κ2) is 5.49. The standard InChI is InChI=1S/C16H15NOS/c18-16(13-7-2-1-3-8-13)17-11-6-12-19-15-10-5-4-9-14(15)17/h1-5,7-10H,6,11-12H2. The van der Waals surface area contributed by atoms with E-state index in [4.69, 9.17) is 0 Å². The lowest BCUT2D eigenvalue weighted by molar-refractivity contribution is 0.0986. The molecular formula is C16H15NOS. The smallest absolute Gasteiger partial charge is 0.258 e. The molecular weight excluding hydrogens is 254 g/mol. The Balaban J connectivity index is 1.99. The van der Waals surface area contributed by atoms with Gasteiger partial charge in [-0.05, 0) is 36.4 Å². The normalized spacial score (nSPS) is 14.6. The van der Waals surface area contributed by atoms with Crippen molar-refractivity contribution in [3.63, 3.8) is 0 Å². The average molecular weight is 269 g/mol. The number of rotatable bonds is 1. The molecule has 0 unspecified atom stereocenters. The van der Waals surface area contributed by atoms with Crippen LogP contribution < -0.4 is 4.90 Å². The first-order valence-electron chi connectivity index (χ1n) is 6.45. The predicted molar refractivity (Wildman–Crippen MR) is 79.9 cm³/mol.